The van der Waals surface area contributed by atoms with Crippen LogP contribution < -0.4 is 0 Å². The summed E-state index contributed by atoms with van der Waals surface area (Å²) in [5.41, 5.74) is 0. The molecule has 0 heterocycles. The molecule has 2 rings (SSSR count). The molecule has 0 aromatic heterocycles. The molecular formula is C13H23NO2. The summed E-state index contributed by atoms with van der Waals surface area (Å²) in [6.45, 7) is 0.642. The molecule has 2 aliphatic rings. The molecule has 2 saturated carbocycles. The lowest BCUT2D eigenvalue weighted by Crippen LogP contribution is -2.46. The zero-order valence-electron chi connectivity index (χ0n) is 10.0. The predicted molar refractivity (Wildman–Crippen MR) is 63.0 cm³/mol. The van der Waals surface area contributed by atoms with E-state index in [-0.39, 0.29) is 12.5 Å². The second-order valence-corrected chi connectivity index (χ2v) is 5.25. The highest BCUT2D eigenvalue weighted by atomic mass is 16.3. The van der Waals surface area contributed by atoms with E-state index in [1.165, 1.54) is 32.1 Å². The van der Waals surface area contributed by atoms with Gasteiger partial charge < -0.3 is 10.0 Å². The van der Waals surface area contributed by atoms with Crippen molar-refractivity contribution in [3.63, 3.8) is 0 Å². The molecule has 0 aromatic rings. The van der Waals surface area contributed by atoms with Crippen LogP contribution in [-0.2, 0) is 4.79 Å². The summed E-state index contributed by atoms with van der Waals surface area (Å²) in [5, 5.41) is 9.02. The quantitative estimate of drug-likeness (QED) is 0.776. The number of carbonyl (C=O) groups is 1. The smallest absolute Gasteiger partial charge is 0.223 e. The van der Waals surface area contributed by atoms with E-state index in [9.17, 15) is 4.79 Å². The van der Waals surface area contributed by atoms with Crippen molar-refractivity contribution in [1.82, 2.24) is 4.90 Å². The normalized spacial score (nSPS) is 22.1. The van der Waals surface area contributed by atoms with Gasteiger partial charge in [0.05, 0.1) is 6.61 Å². The molecule has 0 spiro atoms. The Morgan fingerprint density at radius 3 is 2.31 bits per heavy atom. The van der Waals surface area contributed by atoms with Crippen molar-refractivity contribution in [3.8, 4) is 0 Å². The molecular weight excluding hydrogens is 202 g/mol. The predicted octanol–water partition coefficient (Wildman–Crippen LogP) is 1.94. The first-order valence-corrected chi connectivity index (χ1v) is 6.71. The minimum Gasteiger partial charge on any atom is -0.395 e. The monoisotopic (exact) mass is 225 g/mol. The highest BCUT2D eigenvalue weighted by Crippen LogP contribution is 2.30. The van der Waals surface area contributed by atoms with Crippen molar-refractivity contribution in [3.05, 3.63) is 0 Å². The molecule has 0 aromatic carbocycles. The zero-order valence-corrected chi connectivity index (χ0v) is 10.0. The SMILES string of the molecule is O=C(CC1CCCC1)N(CCO)C1CCC1. The zero-order chi connectivity index (χ0) is 11.4. The van der Waals surface area contributed by atoms with Gasteiger partial charge in [-0.15, -0.1) is 0 Å². The fourth-order valence-corrected chi connectivity index (χ4v) is 2.90. The molecule has 92 valence electrons. The van der Waals surface area contributed by atoms with Gasteiger partial charge in [-0.25, -0.2) is 0 Å². The van der Waals surface area contributed by atoms with Gasteiger partial charge >= 0.3 is 0 Å². The Bertz CT molecular complexity index is 232. The standard InChI is InChI=1S/C13H23NO2/c15-9-8-14(12-6-3-7-12)13(16)10-11-4-1-2-5-11/h11-12,15H,1-10H2. The fourth-order valence-electron chi connectivity index (χ4n) is 2.90. The summed E-state index contributed by atoms with van der Waals surface area (Å²) in [4.78, 5) is 14.1. The maximum atomic E-state index is 12.1. The Morgan fingerprint density at radius 1 is 1.12 bits per heavy atom. The fraction of sp³-hybridized carbons (Fsp3) is 0.923. The Morgan fingerprint density at radius 2 is 1.81 bits per heavy atom. The molecule has 1 amide bonds. The summed E-state index contributed by atoms with van der Waals surface area (Å²) < 4.78 is 0. The van der Waals surface area contributed by atoms with Crippen molar-refractivity contribution in [1.29, 1.82) is 0 Å². The van der Waals surface area contributed by atoms with Crippen molar-refractivity contribution in [2.24, 2.45) is 5.92 Å². The molecule has 0 atom stereocenters. The van der Waals surface area contributed by atoms with Crippen LogP contribution in [0.1, 0.15) is 51.4 Å². The Balaban J connectivity index is 1.82. The topological polar surface area (TPSA) is 40.5 Å². The van der Waals surface area contributed by atoms with Crippen molar-refractivity contribution in [2.75, 3.05) is 13.2 Å². The molecule has 3 nitrogen and oxygen atoms in total. The van der Waals surface area contributed by atoms with Crippen LogP contribution in [0.25, 0.3) is 0 Å². The summed E-state index contributed by atoms with van der Waals surface area (Å²) in [5.74, 6) is 0.902. The van der Waals surface area contributed by atoms with Gasteiger partial charge in [0.2, 0.25) is 5.91 Å². The Labute approximate surface area is 97.8 Å². The van der Waals surface area contributed by atoms with Gasteiger partial charge in [0.25, 0.3) is 0 Å². The highest BCUT2D eigenvalue weighted by molar-refractivity contribution is 5.77. The molecule has 3 heteroatoms. The van der Waals surface area contributed by atoms with Gasteiger partial charge in [-0.1, -0.05) is 12.8 Å². The van der Waals surface area contributed by atoms with Crippen LogP contribution in [0.3, 0.4) is 0 Å². The van der Waals surface area contributed by atoms with E-state index in [0.29, 0.717) is 18.5 Å². The number of hydrogen-bond acceptors (Lipinski definition) is 2. The largest absolute Gasteiger partial charge is 0.395 e. The maximum Gasteiger partial charge on any atom is 0.223 e. The molecule has 2 aliphatic carbocycles. The summed E-state index contributed by atoms with van der Waals surface area (Å²) in [7, 11) is 0. The third-order valence-electron chi connectivity index (χ3n) is 4.11. The summed E-state index contributed by atoms with van der Waals surface area (Å²) >= 11 is 0. The summed E-state index contributed by atoms with van der Waals surface area (Å²) in [6.07, 6.45) is 9.27. The Kier molecular flexibility index (Phi) is 4.22. The first-order chi connectivity index (χ1) is 7.81. The molecule has 0 aliphatic heterocycles. The van der Waals surface area contributed by atoms with E-state index >= 15 is 0 Å². The molecule has 1 N–H and O–H groups in total. The molecule has 0 radical (unpaired) electrons. The van der Waals surface area contributed by atoms with E-state index in [2.05, 4.69) is 0 Å². The van der Waals surface area contributed by atoms with Gasteiger partial charge in [-0.2, -0.15) is 0 Å². The number of aliphatic hydroxyl groups is 1. The second kappa shape index (κ2) is 5.67. The summed E-state index contributed by atoms with van der Waals surface area (Å²) in [6, 6.07) is 0.432. The average molecular weight is 225 g/mol. The third kappa shape index (κ3) is 2.76. The minimum absolute atomic E-state index is 0.104. The van der Waals surface area contributed by atoms with Crippen LogP contribution in [0.5, 0.6) is 0 Å². The number of amides is 1. The van der Waals surface area contributed by atoms with E-state index in [1.807, 2.05) is 4.90 Å². The molecule has 16 heavy (non-hydrogen) atoms. The van der Waals surface area contributed by atoms with Gasteiger partial charge in [-0.05, 0) is 38.0 Å². The van der Waals surface area contributed by atoms with E-state index < -0.39 is 0 Å². The lowest BCUT2D eigenvalue weighted by molar-refractivity contribution is -0.136. The van der Waals surface area contributed by atoms with Gasteiger partial charge in [0.15, 0.2) is 0 Å². The van der Waals surface area contributed by atoms with Gasteiger partial charge in [0, 0.05) is 19.0 Å². The van der Waals surface area contributed by atoms with E-state index in [0.717, 1.165) is 19.3 Å². The van der Waals surface area contributed by atoms with Crippen LogP contribution in [0.15, 0.2) is 0 Å². The van der Waals surface area contributed by atoms with Gasteiger partial charge in [-0.3, -0.25) is 4.79 Å². The lowest BCUT2D eigenvalue weighted by atomic mass is 9.90. The Hall–Kier alpha value is -0.570. The van der Waals surface area contributed by atoms with Crippen LogP contribution in [0, 0.1) is 5.92 Å². The number of carbonyl (C=O) groups excluding carboxylic acids is 1. The minimum atomic E-state index is 0.104. The number of rotatable bonds is 5. The first-order valence-electron chi connectivity index (χ1n) is 6.71. The molecule has 0 bridgehead atoms. The molecule has 0 saturated heterocycles. The molecule has 0 unspecified atom stereocenters. The van der Waals surface area contributed by atoms with Crippen molar-refractivity contribution in [2.45, 2.75) is 57.4 Å². The van der Waals surface area contributed by atoms with Crippen LogP contribution in [-0.4, -0.2) is 35.1 Å². The van der Waals surface area contributed by atoms with Crippen LogP contribution >= 0.6 is 0 Å². The third-order valence-corrected chi connectivity index (χ3v) is 4.11. The van der Waals surface area contributed by atoms with E-state index in [4.69, 9.17) is 5.11 Å². The van der Waals surface area contributed by atoms with Crippen molar-refractivity contribution >= 4 is 5.91 Å². The van der Waals surface area contributed by atoms with Crippen LogP contribution in [0.2, 0.25) is 0 Å². The number of hydrogen-bond donors (Lipinski definition) is 1. The van der Waals surface area contributed by atoms with E-state index in [1.54, 1.807) is 0 Å². The number of aliphatic hydroxyl groups excluding tert-OH is 1. The molecule has 2 fully saturated rings. The van der Waals surface area contributed by atoms with Crippen LogP contribution in [0.4, 0.5) is 0 Å². The first kappa shape index (κ1) is 11.9. The average Bonchev–Trinajstić information content (AvgIpc) is 2.67. The second-order valence-electron chi connectivity index (χ2n) is 5.25. The highest BCUT2D eigenvalue weighted by Gasteiger charge is 2.30. The van der Waals surface area contributed by atoms with Gasteiger partial charge in [0.1, 0.15) is 0 Å². The number of nitrogens with zero attached hydrogens (tertiary/aromatic N) is 1. The maximum absolute atomic E-state index is 12.1. The van der Waals surface area contributed by atoms with Crippen molar-refractivity contribution < 1.29 is 9.90 Å². The lowest BCUT2D eigenvalue weighted by Gasteiger charge is -2.37.